The van der Waals surface area contributed by atoms with Crippen LogP contribution in [-0.4, -0.2) is 58.5 Å². The molecule has 2 unspecified atom stereocenters. The highest BCUT2D eigenvalue weighted by atomic mass is 32.2. The number of para-hydroxylation sites is 2. The van der Waals surface area contributed by atoms with Crippen LogP contribution in [0.1, 0.15) is 0 Å². The predicted octanol–water partition coefficient (Wildman–Crippen LogP) is 3.10. The van der Waals surface area contributed by atoms with E-state index in [4.69, 9.17) is 9.47 Å². The Morgan fingerprint density at radius 1 is 0.628 bits per heavy atom. The summed E-state index contributed by atoms with van der Waals surface area (Å²) in [7, 11) is -3.92. The maximum Gasteiger partial charge on any atom is 0.300 e. The van der Waals surface area contributed by atoms with Crippen molar-refractivity contribution in [3.05, 3.63) is 139 Å². The van der Waals surface area contributed by atoms with Crippen molar-refractivity contribution in [3.8, 4) is 11.5 Å². The van der Waals surface area contributed by atoms with E-state index in [0.29, 0.717) is 11.5 Å². The second kappa shape index (κ2) is 10.5. The number of allylic oxidation sites excluding steroid dienone is 3. The first-order valence-corrected chi connectivity index (χ1v) is 14.5. The molecule has 214 valence electrons. The molecule has 0 saturated carbocycles. The molecule has 2 atom stereocenters. The zero-order chi connectivity index (χ0) is 30.2. The highest BCUT2D eigenvalue weighted by Crippen LogP contribution is 2.35. The molecule has 0 aromatic heterocycles. The van der Waals surface area contributed by atoms with Crippen molar-refractivity contribution in [2.24, 2.45) is 0 Å². The molecule has 10 nitrogen and oxygen atoms in total. The molecule has 2 aliphatic heterocycles. The molecular weight excluding hydrogens is 572 g/mol. The van der Waals surface area contributed by atoms with Crippen LogP contribution >= 0.6 is 0 Å². The first-order valence-electron chi connectivity index (χ1n) is 13.0. The molecule has 2 heterocycles. The van der Waals surface area contributed by atoms with E-state index >= 15 is 0 Å². The van der Waals surface area contributed by atoms with Crippen LogP contribution < -0.4 is 9.47 Å². The quantitative estimate of drug-likeness (QED) is 0.294. The maximum absolute atomic E-state index is 13.8. The monoisotopic (exact) mass is 595 g/mol. The van der Waals surface area contributed by atoms with E-state index in [0.717, 1.165) is 34.1 Å². The second-order valence-corrected chi connectivity index (χ2v) is 11.7. The molecule has 0 fully saturated rings. The Labute approximate surface area is 247 Å². The first-order chi connectivity index (χ1) is 20.6. The predicted molar refractivity (Wildman–Crippen MR) is 157 cm³/mol. The van der Waals surface area contributed by atoms with Gasteiger partial charge in [0.2, 0.25) is 5.72 Å². The van der Waals surface area contributed by atoms with E-state index < -0.39 is 44.9 Å². The molecular formula is C32H23N2O8S+. The summed E-state index contributed by atoms with van der Waals surface area (Å²) in [4.78, 5) is 52.2. The van der Waals surface area contributed by atoms with Crippen LogP contribution in [0.5, 0.6) is 11.5 Å². The van der Waals surface area contributed by atoms with E-state index in [2.05, 4.69) is 0 Å². The summed E-state index contributed by atoms with van der Waals surface area (Å²) < 4.78 is 37.3. The van der Waals surface area contributed by atoms with Gasteiger partial charge in [0, 0.05) is 36.5 Å². The van der Waals surface area contributed by atoms with Crippen LogP contribution in [0.3, 0.4) is 0 Å². The Morgan fingerprint density at radius 2 is 1.12 bits per heavy atom. The zero-order valence-corrected chi connectivity index (χ0v) is 23.1. The number of ether oxygens (including phenoxy) is 2. The molecule has 11 heteroatoms. The molecule has 0 spiro atoms. The normalized spacial score (nSPS) is 23.5. The van der Waals surface area contributed by atoms with Crippen molar-refractivity contribution < 1.29 is 37.4 Å². The largest absolute Gasteiger partial charge is 0.460 e. The fraction of sp³-hybridized carbons (Fsp3) is 0.0625. The molecule has 0 saturated heterocycles. The number of nitrogens with zero attached hydrogens (tertiary/aromatic N) is 2. The van der Waals surface area contributed by atoms with Crippen molar-refractivity contribution in [3.63, 3.8) is 0 Å². The van der Waals surface area contributed by atoms with Crippen LogP contribution in [0.25, 0.3) is 0 Å². The van der Waals surface area contributed by atoms with E-state index in [9.17, 15) is 27.9 Å². The summed E-state index contributed by atoms with van der Waals surface area (Å²) in [6.45, 7) is 0. The van der Waals surface area contributed by atoms with Crippen LogP contribution in [0, 0.1) is 6.42 Å². The lowest BCUT2D eigenvalue weighted by Gasteiger charge is -2.37. The third-order valence-electron chi connectivity index (χ3n) is 6.95. The van der Waals surface area contributed by atoms with Gasteiger partial charge >= 0.3 is 0 Å². The second-order valence-electron chi connectivity index (χ2n) is 9.69. The molecule has 0 bridgehead atoms. The van der Waals surface area contributed by atoms with Crippen LogP contribution in [0.2, 0.25) is 0 Å². The molecule has 4 aliphatic rings. The third-order valence-corrected chi connectivity index (χ3v) is 8.77. The van der Waals surface area contributed by atoms with Gasteiger partial charge in [-0.3, -0.25) is 23.7 Å². The van der Waals surface area contributed by atoms with Crippen LogP contribution in [0.4, 0.5) is 0 Å². The lowest BCUT2D eigenvalue weighted by molar-refractivity contribution is -0.151. The van der Waals surface area contributed by atoms with Gasteiger partial charge in [0.25, 0.3) is 29.4 Å². The maximum atomic E-state index is 13.8. The van der Waals surface area contributed by atoms with Crippen molar-refractivity contribution in [1.29, 1.82) is 0 Å². The van der Waals surface area contributed by atoms with Gasteiger partial charge in [-0.1, -0.05) is 36.4 Å². The molecule has 2 aliphatic carbocycles. The Morgan fingerprint density at radius 3 is 1.60 bits per heavy atom. The average molecular weight is 596 g/mol. The van der Waals surface area contributed by atoms with Crippen molar-refractivity contribution in [2.45, 2.75) is 11.4 Å². The lowest BCUT2D eigenvalue weighted by Crippen LogP contribution is -2.55. The standard InChI is InChI=1S/C32H22N2O8S/c35-27-11-12-28(36)33(27)31(41-23-7-3-1-4-8-23)19-15-25(16-20-31)43(39,40)26-17-21-32(22-18-26,34-29(37)13-14-30(34)38)42-24-9-5-2-6-10-24/h1-22H/p+1. The summed E-state index contributed by atoms with van der Waals surface area (Å²) in [5.41, 5.74) is -3.38. The van der Waals surface area contributed by atoms with Crippen LogP contribution in [-0.2, 0) is 29.0 Å². The Balaban J connectivity index is 1.34. The van der Waals surface area contributed by atoms with Gasteiger partial charge in [0.15, 0.2) is 14.7 Å². The van der Waals surface area contributed by atoms with Gasteiger partial charge < -0.3 is 9.47 Å². The molecule has 1 N–H and O–H groups in total. The van der Waals surface area contributed by atoms with Gasteiger partial charge in [-0.15, -0.1) is 0 Å². The van der Waals surface area contributed by atoms with Crippen molar-refractivity contribution >= 4 is 38.3 Å². The SMILES string of the molecule is O=C1C=CC(=O)N1C1(Oc2ccccc2)C=CC(=S(=O)(O)C2=C[CH+]C(Oc3ccccc3)(N3C(=O)C=CC3=O)C=C2)C=C1. The van der Waals surface area contributed by atoms with Gasteiger partial charge in [-0.2, -0.15) is 0 Å². The first kappa shape index (κ1) is 27.8. The van der Waals surface area contributed by atoms with Crippen molar-refractivity contribution in [2.75, 3.05) is 0 Å². The number of rotatable bonds is 7. The summed E-state index contributed by atoms with van der Waals surface area (Å²) in [6.07, 6.45) is 15.2. The van der Waals surface area contributed by atoms with Crippen molar-refractivity contribution in [1.82, 2.24) is 9.80 Å². The minimum absolute atomic E-state index is 0.0392. The summed E-state index contributed by atoms with van der Waals surface area (Å²) in [5.74, 6) is -1.70. The van der Waals surface area contributed by atoms with E-state index in [-0.39, 0.29) is 9.77 Å². The minimum Gasteiger partial charge on any atom is -0.460 e. The number of hydrogen-bond donors (Lipinski definition) is 1. The highest BCUT2D eigenvalue weighted by Gasteiger charge is 2.51. The topological polar surface area (TPSA) is 131 Å². The molecule has 0 radical (unpaired) electrons. The average Bonchev–Trinajstić information content (AvgIpc) is 3.54. The molecule has 4 amide bonds. The molecule has 2 aromatic rings. The fourth-order valence-electron chi connectivity index (χ4n) is 4.90. The minimum atomic E-state index is -3.92. The highest BCUT2D eigenvalue weighted by molar-refractivity contribution is 8.01. The van der Waals surface area contributed by atoms with Crippen LogP contribution in [0.15, 0.2) is 132 Å². The number of hydrogen-bond acceptors (Lipinski definition) is 7. The molecule has 6 rings (SSSR count). The van der Waals surface area contributed by atoms with Gasteiger partial charge in [0.05, 0.1) is 4.86 Å². The Bertz CT molecular complexity index is 1790. The van der Waals surface area contributed by atoms with E-state index in [1.54, 1.807) is 60.7 Å². The van der Waals surface area contributed by atoms with Gasteiger partial charge in [0.1, 0.15) is 24.0 Å². The number of carbonyl (C=O) groups excluding carboxylic acids is 4. The Kier molecular flexibility index (Phi) is 6.76. The molecule has 43 heavy (non-hydrogen) atoms. The number of benzene rings is 2. The lowest BCUT2D eigenvalue weighted by atomic mass is 10.0. The summed E-state index contributed by atoms with van der Waals surface area (Å²) >= 11 is 0. The fourth-order valence-corrected chi connectivity index (χ4v) is 6.19. The van der Waals surface area contributed by atoms with Gasteiger partial charge in [-0.05, 0) is 48.6 Å². The smallest absolute Gasteiger partial charge is 0.300 e. The number of carbonyl (C=O) groups is 4. The molecule has 2 aromatic carbocycles. The summed E-state index contributed by atoms with van der Waals surface area (Å²) in [6, 6.07) is 17.1. The number of imide groups is 2. The summed E-state index contributed by atoms with van der Waals surface area (Å²) in [5, 5.41) is 0. The number of amides is 4. The van der Waals surface area contributed by atoms with E-state index in [1.807, 2.05) is 0 Å². The van der Waals surface area contributed by atoms with Gasteiger partial charge in [-0.25, -0.2) is 14.0 Å². The third kappa shape index (κ3) is 4.90. The Hall–Kier alpha value is -5.39. The van der Waals surface area contributed by atoms with E-state index in [1.165, 1.54) is 49.0 Å². The zero-order valence-electron chi connectivity index (χ0n) is 22.3.